The van der Waals surface area contributed by atoms with Crippen molar-refractivity contribution >= 4 is 11.0 Å². The first kappa shape index (κ1) is 41.5. The minimum absolute atomic E-state index is 0.0477. The second-order valence-corrected chi connectivity index (χ2v) is 19.8. The number of rotatable bonds is 7. The van der Waals surface area contributed by atoms with Crippen LogP contribution in [0.1, 0.15) is 90.1 Å². The average Bonchev–Trinajstić information content (AvgIpc) is 3.62. The summed E-state index contributed by atoms with van der Waals surface area (Å²) in [4.78, 5) is 10.7. The molecule has 0 aliphatic carbocycles. The Bertz CT molecular complexity index is 2890. The Hall–Kier alpha value is -6.26. The van der Waals surface area contributed by atoms with Gasteiger partial charge in [0.05, 0.1) is 35.1 Å². The van der Waals surface area contributed by atoms with E-state index in [1.807, 2.05) is 6.20 Å². The highest BCUT2D eigenvalue weighted by molar-refractivity contribution is 5.98. The molecular formula is C57H59N3O. The molecule has 0 saturated heterocycles. The zero-order chi connectivity index (χ0) is 43.4. The topological polar surface area (TPSA) is 39.9 Å². The maximum absolute atomic E-state index is 6.22. The lowest BCUT2D eigenvalue weighted by Crippen LogP contribution is -2.13. The van der Waals surface area contributed by atoms with Gasteiger partial charge < -0.3 is 4.74 Å². The van der Waals surface area contributed by atoms with Gasteiger partial charge in [0, 0.05) is 22.9 Å². The van der Waals surface area contributed by atoms with Crippen LogP contribution in [0.15, 0.2) is 140 Å². The standard InChI is InChI=1S/C57H59N3O/c1-36-29-37(2)53(61-12)48(30-36)54-59-52-47(41-31-42(33-45(32-41)57(9,10)11)49-34-40(27-28-58-49)38-17-14-13-15-18-38)19-16-20-50(52)60(54)51-35-44(56(6,7)8)25-26-46(51)39-21-23-43(24-22-39)55(3,4)5/h13-35H,1-12H3. The second-order valence-electron chi connectivity index (χ2n) is 19.8. The van der Waals surface area contributed by atoms with Crippen molar-refractivity contribution in [3.05, 3.63) is 167 Å². The lowest BCUT2D eigenvalue weighted by atomic mass is 9.83. The first-order valence-corrected chi connectivity index (χ1v) is 21.5. The summed E-state index contributed by atoms with van der Waals surface area (Å²) in [5, 5.41) is 0. The number of hydrogen-bond acceptors (Lipinski definition) is 3. The summed E-state index contributed by atoms with van der Waals surface area (Å²) < 4.78 is 8.61. The highest BCUT2D eigenvalue weighted by Gasteiger charge is 2.26. The van der Waals surface area contributed by atoms with Crippen molar-refractivity contribution in [1.29, 1.82) is 0 Å². The van der Waals surface area contributed by atoms with Crippen molar-refractivity contribution in [2.75, 3.05) is 7.11 Å². The van der Waals surface area contributed by atoms with Crippen molar-refractivity contribution < 1.29 is 4.74 Å². The maximum Gasteiger partial charge on any atom is 0.149 e. The molecule has 4 heteroatoms. The van der Waals surface area contributed by atoms with E-state index < -0.39 is 0 Å². The summed E-state index contributed by atoms with van der Waals surface area (Å²) in [6, 6.07) is 48.9. The normalized spacial score (nSPS) is 12.3. The fourth-order valence-electron chi connectivity index (χ4n) is 8.49. The molecule has 0 aliphatic heterocycles. The summed E-state index contributed by atoms with van der Waals surface area (Å²) in [5.74, 6) is 1.67. The highest BCUT2D eigenvalue weighted by atomic mass is 16.5. The Kier molecular flexibility index (Phi) is 10.6. The smallest absolute Gasteiger partial charge is 0.149 e. The Morgan fingerprint density at radius 2 is 1.16 bits per heavy atom. The van der Waals surface area contributed by atoms with E-state index in [4.69, 9.17) is 14.7 Å². The number of fused-ring (bicyclic) bond motifs is 1. The quantitative estimate of drug-likeness (QED) is 0.161. The molecule has 4 nitrogen and oxygen atoms in total. The summed E-state index contributed by atoms with van der Waals surface area (Å²) in [6.45, 7) is 24.8. The van der Waals surface area contributed by atoms with Crippen LogP contribution in [-0.4, -0.2) is 21.6 Å². The first-order valence-electron chi connectivity index (χ1n) is 21.5. The molecular weight excluding hydrogens is 743 g/mol. The number of aromatic nitrogens is 3. The van der Waals surface area contributed by atoms with Gasteiger partial charge in [-0.1, -0.05) is 153 Å². The van der Waals surface area contributed by atoms with Gasteiger partial charge >= 0.3 is 0 Å². The lowest BCUT2D eigenvalue weighted by Gasteiger charge is -2.24. The largest absolute Gasteiger partial charge is 0.496 e. The number of methoxy groups -OCH3 is 1. The molecule has 0 saturated carbocycles. The summed E-state index contributed by atoms with van der Waals surface area (Å²) in [6.07, 6.45) is 1.92. The van der Waals surface area contributed by atoms with Crippen molar-refractivity contribution in [2.45, 2.75) is 92.4 Å². The number of pyridine rings is 1. The first-order chi connectivity index (χ1) is 28.9. The molecule has 0 radical (unpaired) electrons. The Labute approximate surface area is 363 Å². The number of aryl methyl sites for hydroxylation is 2. The molecule has 0 amide bonds. The molecule has 0 aliphatic rings. The fourth-order valence-corrected chi connectivity index (χ4v) is 8.49. The van der Waals surface area contributed by atoms with E-state index in [9.17, 15) is 0 Å². The molecule has 61 heavy (non-hydrogen) atoms. The van der Waals surface area contributed by atoms with Gasteiger partial charge in [0.25, 0.3) is 0 Å². The van der Waals surface area contributed by atoms with E-state index in [0.717, 1.165) is 84.1 Å². The van der Waals surface area contributed by atoms with Gasteiger partial charge in [-0.3, -0.25) is 9.55 Å². The zero-order valence-corrected chi connectivity index (χ0v) is 38.0. The third-order valence-corrected chi connectivity index (χ3v) is 12.0. The van der Waals surface area contributed by atoms with Gasteiger partial charge in [-0.05, 0) is 123 Å². The van der Waals surface area contributed by atoms with E-state index in [1.54, 1.807) is 7.11 Å². The van der Waals surface area contributed by atoms with Crippen LogP contribution in [0.5, 0.6) is 5.75 Å². The van der Waals surface area contributed by atoms with Gasteiger partial charge in [0.1, 0.15) is 11.6 Å². The van der Waals surface area contributed by atoms with E-state index in [0.29, 0.717) is 0 Å². The third-order valence-electron chi connectivity index (χ3n) is 12.0. The molecule has 8 rings (SSSR count). The van der Waals surface area contributed by atoms with Crippen LogP contribution >= 0.6 is 0 Å². The van der Waals surface area contributed by atoms with Gasteiger partial charge in [-0.15, -0.1) is 0 Å². The minimum Gasteiger partial charge on any atom is -0.496 e. The molecule has 6 aromatic carbocycles. The predicted octanol–water partition coefficient (Wildman–Crippen LogP) is 15.3. The molecule has 0 bridgehead atoms. The van der Waals surface area contributed by atoms with Gasteiger partial charge in [-0.2, -0.15) is 0 Å². The molecule has 2 aromatic heterocycles. The van der Waals surface area contributed by atoms with E-state index in [2.05, 4.69) is 214 Å². The van der Waals surface area contributed by atoms with E-state index in [-0.39, 0.29) is 16.2 Å². The Morgan fingerprint density at radius 1 is 0.492 bits per heavy atom. The van der Waals surface area contributed by atoms with Crippen molar-refractivity contribution in [1.82, 2.24) is 14.5 Å². The molecule has 308 valence electrons. The van der Waals surface area contributed by atoms with Gasteiger partial charge in [0.15, 0.2) is 0 Å². The Balaban J connectivity index is 1.44. The summed E-state index contributed by atoms with van der Waals surface area (Å²) in [5.41, 5.74) is 18.7. The van der Waals surface area contributed by atoms with Crippen LogP contribution in [-0.2, 0) is 16.2 Å². The van der Waals surface area contributed by atoms with Crippen LogP contribution in [0, 0.1) is 13.8 Å². The van der Waals surface area contributed by atoms with Gasteiger partial charge in [0.2, 0.25) is 0 Å². The predicted molar refractivity (Wildman–Crippen MR) is 258 cm³/mol. The van der Waals surface area contributed by atoms with Crippen molar-refractivity contribution in [3.8, 4) is 67.5 Å². The van der Waals surface area contributed by atoms with Crippen LogP contribution in [0.4, 0.5) is 0 Å². The molecule has 8 aromatic rings. The van der Waals surface area contributed by atoms with Crippen LogP contribution in [0.2, 0.25) is 0 Å². The maximum atomic E-state index is 6.22. The van der Waals surface area contributed by atoms with E-state index in [1.165, 1.54) is 22.3 Å². The number of imidazole rings is 1. The van der Waals surface area contributed by atoms with Crippen LogP contribution < -0.4 is 4.74 Å². The van der Waals surface area contributed by atoms with Crippen molar-refractivity contribution in [2.24, 2.45) is 0 Å². The number of hydrogen-bond donors (Lipinski definition) is 0. The van der Waals surface area contributed by atoms with Crippen molar-refractivity contribution in [3.63, 3.8) is 0 Å². The van der Waals surface area contributed by atoms with Crippen LogP contribution in [0.3, 0.4) is 0 Å². The summed E-state index contributed by atoms with van der Waals surface area (Å²) >= 11 is 0. The third kappa shape index (κ3) is 8.16. The highest BCUT2D eigenvalue weighted by Crippen LogP contribution is 2.44. The van der Waals surface area contributed by atoms with Crippen LogP contribution in [0.25, 0.3) is 72.7 Å². The van der Waals surface area contributed by atoms with Gasteiger partial charge in [-0.25, -0.2) is 4.98 Å². The molecule has 0 atom stereocenters. The Morgan fingerprint density at radius 3 is 1.84 bits per heavy atom. The zero-order valence-electron chi connectivity index (χ0n) is 38.0. The molecule has 2 heterocycles. The SMILES string of the molecule is COc1c(C)cc(C)cc1-c1nc2c(-c3cc(-c4cc(-c5ccccc5)ccn4)cc(C(C)(C)C)c3)cccc2n1-c1cc(C(C)(C)C)ccc1-c1ccc(C(C)(C)C)cc1. The molecule has 0 spiro atoms. The monoisotopic (exact) mass is 801 g/mol. The molecule has 0 fully saturated rings. The number of benzene rings is 6. The minimum atomic E-state index is -0.114. The number of nitrogens with zero attached hydrogens (tertiary/aromatic N) is 3. The number of ether oxygens (including phenoxy) is 1. The number of para-hydroxylation sites is 1. The summed E-state index contributed by atoms with van der Waals surface area (Å²) in [7, 11) is 1.77. The second kappa shape index (κ2) is 15.6. The van der Waals surface area contributed by atoms with E-state index >= 15 is 0 Å². The molecule has 0 unspecified atom stereocenters. The fraction of sp³-hybridized carbons (Fsp3) is 0.263. The lowest BCUT2D eigenvalue weighted by molar-refractivity contribution is 0.413. The molecule has 0 N–H and O–H groups in total. The average molecular weight is 802 g/mol.